The number of carbonyl (C=O) groups excluding carboxylic acids is 1. The SMILES string of the molecule is CN1CCC(CN(C)C(=O)c2ccc(O)c(Cl)c2)CC1. The third kappa shape index (κ3) is 3.64. The van der Waals surface area contributed by atoms with Gasteiger partial charge in [-0.3, -0.25) is 4.79 Å². The van der Waals surface area contributed by atoms with E-state index in [0.717, 1.165) is 32.5 Å². The van der Waals surface area contributed by atoms with Crippen LogP contribution in [-0.4, -0.2) is 54.5 Å². The van der Waals surface area contributed by atoms with Crippen molar-refractivity contribution >= 4 is 17.5 Å². The number of hydrogen-bond donors (Lipinski definition) is 1. The molecule has 1 aromatic carbocycles. The number of hydrogen-bond acceptors (Lipinski definition) is 3. The Morgan fingerprint density at radius 3 is 2.70 bits per heavy atom. The lowest BCUT2D eigenvalue weighted by Gasteiger charge is -2.31. The average molecular weight is 297 g/mol. The summed E-state index contributed by atoms with van der Waals surface area (Å²) in [5.74, 6) is 0.514. The molecular formula is C15H21ClN2O2. The highest BCUT2D eigenvalue weighted by Crippen LogP contribution is 2.24. The van der Waals surface area contributed by atoms with Crippen LogP contribution < -0.4 is 0 Å². The Hall–Kier alpha value is -1.26. The molecule has 0 saturated carbocycles. The lowest BCUT2D eigenvalue weighted by molar-refractivity contribution is 0.0747. The fourth-order valence-corrected chi connectivity index (χ4v) is 2.76. The normalized spacial score (nSPS) is 17.1. The Morgan fingerprint density at radius 1 is 1.45 bits per heavy atom. The van der Waals surface area contributed by atoms with Crippen molar-refractivity contribution < 1.29 is 9.90 Å². The number of amides is 1. The van der Waals surface area contributed by atoms with Crippen molar-refractivity contribution in [1.29, 1.82) is 0 Å². The van der Waals surface area contributed by atoms with Gasteiger partial charge in [0.25, 0.3) is 5.91 Å². The molecule has 0 atom stereocenters. The monoisotopic (exact) mass is 296 g/mol. The molecule has 110 valence electrons. The van der Waals surface area contributed by atoms with E-state index in [1.54, 1.807) is 11.0 Å². The van der Waals surface area contributed by atoms with Crippen LogP contribution in [0.2, 0.25) is 5.02 Å². The number of phenols is 1. The van der Waals surface area contributed by atoms with E-state index < -0.39 is 0 Å². The van der Waals surface area contributed by atoms with Gasteiger partial charge in [0.1, 0.15) is 5.75 Å². The second kappa shape index (κ2) is 6.46. The molecule has 20 heavy (non-hydrogen) atoms. The van der Waals surface area contributed by atoms with Crippen LogP contribution in [0.25, 0.3) is 0 Å². The van der Waals surface area contributed by atoms with Gasteiger partial charge in [-0.25, -0.2) is 0 Å². The van der Waals surface area contributed by atoms with Gasteiger partial charge in [-0.2, -0.15) is 0 Å². The van der Waals surface area contributed by atoms with Crippen molar-refractivity contribution in [2.45, 2.75) is 12.8 Å². The molecule has 1 aromatic rings. The average Bonchev–Trinajstić information content (AvgIpc) is 2.43. The number of likely N-dealkylation sites (tertiary alicyclic amines) is 1. The molecule has 1 heterocycles. The minimum Gasteiger partial charge on any atom is -0.506 e. The van der Waals surface area contributed by atoms with Gasteiger partial charge in [0.2, 0.25) is 0 Å². The Morgan fingerprint density at radius 2 is 2.10 bits per heavy atom. The molecule has 0 aliphatic carbocycles. The number of carbonyl (C=O) groups is 1. The molecule has 1 N–H and O–H groups in total. The predicted octanol–water partition coefficient (Wildman–Crippen LogP) is 2.46. The van der Waals surface area contributed by atoms with Crippen molar-refractivity contribution in [2.24, 2.45) is 5.92 Å². The van der Waals surface area contributed by atoms with Crippen molar-refractivity contribution in [3.8, 4) is 5.75 Å². The van der Waals surface area contributed by atoms with Gasteiger partial charge in [0.05, 0.1) is 5.02 Å². The number of benzene rings is 1. The molecule has 1 amide bonds. The summed E-state index contributed by atoms with van der Waals surface area (Å²) >= 11 is 5.84. The molecule has 1 aliphatic heterocycles. The number of piperidine rings is 1. The maximum absolute atomic E-state index is 12.3. The van der Waals surface area contributed by atoms with E-state index in [4.69, 9.17) is 11.6 Å². The zero-order chi connectivity index (χ0) is 14.7. The first-order valence-corrected chi connectivity index (χ1v) is 7.27. The quantitative estimate of drug-likeness (QED) is 0.932. The van der Waals surface area contributed by atoms with E-state index in [2.05, 4.69) is 11.9 Å². The summed E-state index contributed by atoms with van der Waals surface area (Å²) in [5, 5.41) is 9.60. The maximum Gasteiger partial charge on any atom is 0.253 e. The summed E-state index contributed by atoms with van der Waals surface area (Å²) in [6.07, 6.45) is 2.26. The highest BCUT2D eigenvalue weighted by Gasteiger charge is 2.21. The third-order valence-corrected chi connectivity index (χ3v) is 4.21. The van der Waals surface area contributed by atoms with Gasteiger partial charge in [-0.15, -0.1) is 0 Å². The molecule has 1 fully saturated rings. The molecule has 2 rings (SSSR count). The van der Waals surface area contributed by atoms with E-state index >= 15 is 0 Å². The Balaban J connectivity index is 1.96. The summed E-state index contributed by atoms with van der Waals surface area (Å²) in [7, 11) is 3.95. The highest BCUT2D eigenvalue weighted by molar-refractivity contribution is 6.32. The van der Waals surface area contributed by atoms with Crippen molar-refractivity contribution in [1.82, 2.24) is 9.80 Å². The maximum atomic E-state index is 12.3. The van der Waals surface area contributed by atoms with Crippen LogP contribution >= 0.6 is 11.6 Å². The zero-order valence-electron chi connectivity index (χ0n) is 12.0. The third-order valence-electron chi connectivity index (χ3n) is 3.91. The Kier molecular flexibility index (Phi) is 4.89. The molecule has 0 spiro atoms. The zero-order valence-corrected chi connectivity index (χ0v) is 12.7. The first-order chi connectivity index (χ1) is 9.47. The van der Waals surface area contributed by atoms with Gasteiger partial charge in [-0.05, 0) is 57.1 Å². The lowest BCUT2D eigenvalue weighted by atomic mass is 9.96. The van der Waals surface area contributed by atoms with Crippen molar-refractivity contribution in [3.63, 3.8) is 0 Å². The summed E-state index contributed by atoms with van der Waals surface area (Å²) < 4.78 is 0. The number of aromatic hydroxyl groups is 1. The Labute approximate surface area is 124 Å². The number of halogens is 1. The molecule has 0 aromatic heterocycles. The van der Waals surface area contributed by atoms with Crippen LogP contribution in [-0.2, 0) is 0 Å². The van der Waals surface area contributed by atoms with Crippen molar-refractivity contribution in [3.05, 3.63) is 28.8 Å². The molecule has 1 aliphatic rings. The smallest absolute Gasteiger partial charge is 0.253 e. The van der Waals surface area contributed by atoms with Crippen LogP contribution in [0.1, 0.15) is 23.2 Å². The minimum absolute atomic E-state index is 0.00110. The van der Waals surface area contributed by atoms with Crippen LogP contribution in [0, 0.1) is 5.92 Å². The number of nitrogens with zero attached hydrogens (tertiary/aromatic N) is 2. The fourth-order valence-electron chi connectivity index (χ4n) is 2.58. The topological polar surface area (TPSA) is 43.8 Å². The highest BCUT2D eigenvalue weighted by atomic mass is 35.5. The summed E-state index contributed by atoms with van der Waals surface area (Å²) in [6.45, 7) is 2.96. The molecule has 0 radical (unpaired) electrons. The largest absolute Gasteiger partial charge is 0.506 e. The summed E-state index contributed by atoms with van der Waals surface area (Å²) in [4.78, 5) is 16.4. The van der Waals surface area contributed by atoms with Gasteiger partial charge < -0.3 is 14.9 Å². The van der Waals surface area contributed by atoms with Crippen LogP contribution in [0.4, 0.5) is 0 Å². The number of rotatable bonds is 3. The predicted molar refractivity (Wildman–Crippen MR) is 80.3 cm³/mol. The molecule has 4 nitrogen and oxygen atoms in total. The summed E-state index contributed by atoms with van der Waals surface area (Å²) in [6, 6.07) is 4.58. The van der Waals surface area contributed by atoms with E-state index in [9.17, 15) is 9.90 Å². The van der Waals surface area contributed by atoms with Crippen molar-refractivity contribution in [2.75, 3.05) is 33.7 Å². The van der Waals surface area contributed by atoms with Gasteiger partial charge in [0, 0.05) is 19.2 Å². The minimum atomic E-state index is -0.0502. The van der Waals surface area contributed by atoms with Crippen LogP contribution in [0.5, 0.6) is 5.75 Å². The first-order valence-electron chi connectivity index (χ1n) is 6.90. The summed E-state index contributed by atoms with van der Waals surface area (Å²) in [5.41, 5.74) is 0.517. The van der Waals surface area contributed by atoms with E-state index in [1.165, 1.54) is 12.1 Å². The van der Waals surface area contributed by atoms with Gasteiger partial charge in [-0.1, -0.05) is 11.6 Å². The first kappa shape index (κ1) is 15.1. The standard InChI is InChI=1S/C15H21ClN2O2/c1-17-7-5-11(6-8-17)10-18(2)15(20)12-3-4-14(19)13(16)9-12/h3-4,9,11,19H,5-8,10H2,1-2H3. The molecule has 1 saturated heterocycles. The molecule has 5 heteroatoms. The molecule has 0 bridgehead atoms. The lowest BCUT2D eigenvalue weighted by Crippen LogP contribution is -2.37. The second-order valence-corrected chi connectivity index (χ2v) is 6.01. The van der Waals surface area contributed by atoms with E-state index in [0.29, 0.717) is 11.5 Å². The molecular weight excluding hydrogens is 276 g/mol. The number of phenolic OH excluding ortho intramolecular Hbond substituents is 1. The van der Waals surface area contributed by atoms with Gasteiger partial charge in [0.15, 0.2) is 0 Å². The fraction of sp³-hybridized carbons (Fsp3) is 0.533. The Bertz CT molecular complexity index is 485. The van der Waals surface area contributed by atoms with Crippen LogP contribution in [0.3, 0.4) is 0 Å². The van der Waals surface area contributed by atoms with E-state index in [1.807, 2.05) is 7.05 Å². The molecule has 0 unspecified atom stereocenters. The second-order valence-electron chi connectivity index (χ2n) is 5.60. The van der Waals surface area contributed by atoms with Gasteiger partial charge >= 0.3 is 0 Å². The van der Waals surface area contributed by atoms with Crippen LogP contribution in [0.15, 0.2) is 18.2 Å². The van der Waals surface area contributed by atoms with E-state index in [-0.39, 0.29) is 16.7 Å².